The molecule has 0 spiro atoms. The minimum Gasteiger partial charge on any atom is -0.216 e. The normalized spacial score (nSPS) is 9.30. The van der Waals surface area contributed by atoms with Gasteiger partial charge in [0.05, 0.1) is 6.33 Å². The molecule has 0 saturated heterocycles. The summed E-state index contributed by atoms with van der Waals surface area (Å²) in [6.45, 7) is 4.73. The summed E-state index contributed by atoms with van der Waals surface area (Å²) in [6.07, 6.45) is -4.61. The first-order valence-electron chi connectivity index (χ1n) is 1.99. The van der Waals surface area contributed by atoms with Gasteiger partial charge in [-0.05, 0) is 0 Å². The summed E-state index contributed by atoms with van der Waals surface area (Å²) < 4.78 is 53.1. The molecule has 5 heteroatoms. The third-order valence-electron chi connectivity index (χ3n) is 0.308. The fraction of sp³-hybridized carbons (Fsp3) is 0.200. The highest BCUT2D eigenvalue weighted by molar-refractivity contribution is 4.88. The van der Waals surface area contributed by atoms with Gasteiger partial charge in [-0.2, -0.15) is 13.2 Å². The Labute approximate surface area is 54.7 Å². The number of hydrogen-bond acceptors (Lipinski definition) is 0. The molecule has 0 radical (unpaired) electrons. The second kappa shape index (κ2) is 4.96. The van der Waals surface area contributed by atoms with Crippen molar-refractivity contribution in [3.63, 3.8) is 0 Å². The van der Waals surface area contributed by atoms with Crippen molar-refractivity contribution < 1.29 is 22.0 Å². The Balaban J connectivity index is 0. The van der Waals surface area contributed by atoms with E-state index in [2.05, 4.69) is 6.58 Å². The van der Waals surface area contributed by atoms with Gasteiger partial charge in [0, 0.05) is 0 Å². The summed E-state index contributed by atoms with van der Waals surface area (Å²) >= 11 is 0. The van der Waals surface area contributed by atoms with Gasteiger partial charge in [0.15, 0.2) is 5.83 Å². The molecular formula is C5H5F5. The third kappa shape index (κ3) is 10.2. The molecule has 0 aromatic carbocycles. The van der Waals surface area contributed by atoms with E-state index >= 15 is 0 Å². The van der Waals surface area contributed by atoms with Crippen LogP contribution in [0.1, 0.15) is 0 Å². The van der Waals surface area contributed by atoms with Gasteiger partial charge >= 0.3 is 6.18 Å². The van der Waals surface area contributed by atoms with E-state index < -0.39 is 12.0 Å². The Morgan fingerprint density at radius 1 is 1.30 bits per heavy atom. The monoisotopic (exact) mass is 160 g/mol. The molecule has 0 aromatic heterocycles. The molecule has 0 N–H and O–H groups in total. The number of rotatable bonds is 0. The van der Waals surface area contributed by atoms with Gasteiger partial charge in [0.1, 0.15) is 0 Å². The standard InChI is InChI=1S/C3H2F4.C2H3F/c1-2(4)3(5,6)7;1-2-3/h1H2;2H,1H2. The first kappa shape index (κ1) is 11.9. The van der Waals surface area contributed by atoms with Crippen LogP contribution in [0.15, 0.2) is 25.3 Å². The minimum absolute atomic E-state index is 0.250. The van der Waals surface area contributed by atoms with Gasteiger partial charge in [0.25, 0.3) is 0 Å². The van der Waals surface area contributed by atoms with Crippen molar-refractivity contribution >= 4 is 0 Å². The van der Waals surface area contributed by atoms with Crippen molar-refractivity contribution in [1.29, 1.82) is 0 Å². The number of allylic oxidation sites excluding steroid dienone is 1. The Hall–Kier alpha value is -0.870. The zero-order chi connectivity index (χ0) is 8.78. The molecule has 0 aromatic rings. The molecule has 0 rings (SSSR count). The molecule has 0 amide bonds. The summed E-state index contributed by atoms with van der Waals surface area (Å²) in [5, 5.41) is 0. The van der Waals surface area contributed by atoms with Crippen LogP contribution in [0.3, 0.4) is 0 Å². The van der Waals surface area contributed by atoms with Crippen LogP contribution in [0.4, 0.5) is 22.0 Å². The van der Waals surface area contributed by atoms with Crippen LogP contribution in [0, 0.1) is 0 Å². The molecule has 0 fully saturated rings. The fourth-order valence-corrected chi connectivity index (χ4v) is 0. The van der Waals surface area contributed by atoms with Crippen LogP contribution in [-0.2, 0) is 0 Å². The lowest BCUT2D eigenvalue weighted by molar-refractivity contribution is -0.108. The molecule has 0 aliphatic rings. The summed E-state index contributed by atoms with van der Waals surface area (Å²) in [5.41, 5.74) is 0. The lowest BCUT2D eigenvalue weighted by Gasteiger charge is -1.97. The highest BCUT2D eigenvalue weighted by Gasteiger charge is 2.32. The first-order chi connectivity index (χ1) is 4.36. The lowest BCUT2D eigenvalue weighted by Crippen LogP contribution is -2.05. The predicted octanol–water partition coefficient (Wildman–Crippen LogP) is 3.13. The highest BCUT2D eigenvalue weighted by atomic mass is 19.4. The minimum atomic E-state index is -4.86. The van der Waals surface area contributed by atoms with Crippen LogP contribution < -0.4 is 0 Å². The average Bonchev–Trinajstić information content (AvgIpc) is 1.64. The van der Waals surface area contributed by atoms with Crippen molar-refractivity contribution in [1.82, 2.24) is 0 Å². The van der Waals surface area contributed by atoms with E-state index in [1.165, 1.54) is 0 Å². The number of hydrogen-bond donors (Lipinski definition) is 0. The molecule has 0 heterocycles. The zero-order valence-electron chi connectivity index (χ0n) is 4.88. The van der Waals surface area contributed by atoms with Gasteiger partial charge < -0.3 is 0 Å². The Morgan fingerprint density at radius 3 is 1.40 bits per heavy atom. The van der Waals surface area contributed by atoms with E-state index in [0.29, 0.717) is 0 Å². The van der Waals surface area contributed by atoms with Gasteiger partial charge in [0.2, 0.25) is 0 Å². The summed E-state index contributed by atoms with van der Waals surface area (Å²) in [7, 11) is 0. The zero-order valence-corrected chi connectivity index (χ0v) is 4.88. The van der Waals surface area contributed by atoms with E-state index in [1.807, 2.05) is 6.58 Å². The van der Waals surface area contributed by atoms with Crippen LogP contribution >= 0.6 is 0 Å². The third-order valence-corrected chi connectivity index (χ3v) is 0.308. The van der Waals surface area contributed by atoms with E-state index in [-0.39, 0.29) is 6.33 Å². The maximum absolute atomic E-state index is 10.9. The van der Waals surface area contributed by atoms with Crippen LogP contribution in [0.2, 0.25) is 0 Å². The second-order valence-electron chi connectivity index (χ2n) is 1.06. The van der Waals surface area contributed by atoms with Crippen molar-refractivity contribution in [2.45, 2.75) is 6.18 Å². The van der Waals surface area contributed by atoms with Crippen molar-refractivity contribution in [2.24, 2.45) is 0 Å². The Bertz CT molecular complexity index is 112. The second-order valence-corrected chi connectivity index (χ2v) is 1.06. The number of alkyl halides is 3. The van der Waals surface area contributed by atoms with E-state index in [1.54, 1.807) is 0 Å². The number of halogens is 5. The van der Waals surface area contributed by atoms with Crippen molar-refractivity contribution in [2.75, 3.05) is 0 Å². The molecule has 0 nitrogen and oxygen atoms in total. The summed E-state index contributed by atoms with van der Waals surface area (Å²) in [6, 6.07) is 0. The highest BCUT2D eigenvalue weighted by Crippen LogP contribution is 2.23. The maximum Gasteiger partial charge on any atom is 0.442 e. The molecule has 60 valence electrons. The Morgan fingerprint density at radius 2 is 1.40 bits per heavy atom. The van der Waals surface area contributed by atoms with Gasteiger partial charge in [-0.25, -0.2) is 8.78 Å². The van der Waals surface area contributed by atoms with Crippen molar-refractivity contribution in [3.05, 3.63) is 25.3 Å². The fourth-order valence-electron chi connectivity index (χ4n) is 0. The van der Waals surface area contributed by atoms with Crippen molar-refractivity contribution in [3.8, 4) is 0 Å². The molecule has 0 unspecified atom stereocenters. The Kier molecular flexibility index (Phi) is 5.89. The van der Waals surface area contributed by atoms with Crippen LogP contribution in [0.25, 0.3) is 0 Å². The molecule has 0 bridgehead atoms. The lowest BCUT2D eigenvalue weighted by atomic mass is 10.6. The molecule has 0 aliphatic heterocycles. The van der Waals surface area contributed by atoms with Gasteiger partial charge in [-0.15, -0.1) is 0 Å². The molecule has 0 saturated carbocycles. The first-order valence-corrected chi connectivity index (χ1v) is 1.99. The average molecular weight is 160 g/mol. The van der Waals surface area contributed by atoms with E-state index in [9.17, 15) is 22.0 Å². The maximum atomic E-state index is 10.9. The van der Waals surface area contributed by atoms with Crippen LogP contribution in [-0.4, -0.2) is 6.18 Å². The predicted molar refractivity (Wildman–Crippen MR) is 27.6 cm³/mol. The quantitative estimate of drug-likeness (QED) is 0.477. The topological polar surface area (TPSA) is 0 Å². The largest absolute Gasteiger partial charge is 0.442 e. The van der Waals surface area contributed by atoms with Gasteiger partial charge in [-0.3, -0.25) is 0 Å². The molecule has 0 atom stereocenters. The van der Waals surface area contributed by atoms with Gasteiger partial charge in [-0.1, -0.05) is 13.2 Å². The van der Waals surface area contributed by atoms with E-state index in [4.69, 9.17) is 0 Å². The molecule has 0 aliphatic carbocycles. The summed E-state index contributed by atoms with van der Waals surface area (Å²) in [5.74, 6) is -2.26. The molecular weight excluding hydrogens is 155 g/mol. The summed E-state index contributed by atoms with van der Waals surface area (Å²) in [4.78, 5) is 0. The van der Waals surface area contributed by atoms with Crippen LogP contribution in [0.5, 0.6) is 0 Å². The van der Waals surface area contributed by atoms with E-state index in [0.717, 1.165) is 0 Å². The smallest absolute Gasteiger partial charge is 0.216 e. The molecule has 10 heavy (non-hydrogen) atoms. The SMILES string of the molecule is C=C(F)C(F)(F)F.C=CF.